The van der Waals surface area contributed by atoms with Crippen molar-refractivity contribution in [2.45, 2.75) is 6.54 Å². The van der Waals surface area contributed by atoms with Crippen molar-refractivity contribution < 1.29 is 13.6 Å². The third kappa shape index (κ3) is 3.27. The van der Waals surface area contributed by atoms with Crippen LogP contribution in [0.4, 0.5) is 0 Å². The lowest BCUT2D eigenvalue weighted by Crippen LogP contribution is -2.20. The minimum atomic E-state index is -0.248. The second-order valence-corrected chi connectivity index (χ2v) is 4.15. The first-order valence-corrected chi connectivity index (χ1v) is 6.26. The molecule has 0 atom stereocenters. The lowest BCUT2D eigenvalue weighted by Gasteiger charge is -1.97. The number of aromatic amines is 1. The molecule has 3 heterocycles. The molecule has 21 heavy (non-hydrogen) atoms. The van der Waals surface area contributed by atoms with Crippen LogP contribution in [0.25, 0.3) is 17.7 Å². The molecule has 0 aromatic carbocycles. The molecule has 7 nitrogen and oxygen atoms in total. The maximum Gasteiger partial charge on any atom is 0.244 e. The number of H-pyrrole nitrogens is 1. The van der Waals surface area contributed by atoms with Crippen molar-refractivity contribution >= 4 is 12.0 Å². The molecule has 3 rings (SSSR count). The van der Waals surface area contributed by atoms with E-state index in [4.69, 9.17) is 8.83 Å². The van der Waals surface area contributed by atoms with Crippen LogP contribution in [0, 0.1) is 0 Å². The summed E-state index contributed by atoms with van der Waals surface area (Å²) in [5.74, 6) is 1.94. The van der Waals surface area contributed by atoms with Crippen molar-refractivity contribution in [3.05, 3.63) is 54.5 Å². The van der Waals surface area contributed by atoms with E-state index >= 15 is 0 Å². The monoisotopic (exact) mass is 284 g/mol. The average Bonchev–Trinajstić information content (AvgIpc) is 3.24. The summed E-state index contributed by atoms with van der Waals surface area (Å²) >= 11 is 0. The van der Waals surface area contributed by atoms with Crippen molar-refractivity contribution in [2.75, 3.05) is 0 Å². The van der Waals surface area contributed by atoms with Gasteiger partial charge in [0.1, 0.15) is 11.6 Å². The highest BCUT2D eigenvalue weighted by Gasteiger charge is 2.08. The third-order valence-electron chi connectivity index (χ3n) is 2.65. The zero-order valence-corrected chi connectivity index (χ0v) is 10.9. The average molecular weight is 284 g/mol. The van der Waals surface area contributed by atoms with Crippen molar-refractivity contribution in [3.63, 3.8) is 0 Å². The number of rotatable bonds is 5. The van der Waals surface area contributed by atoms with E-state index in [0.717, 1.165) is 0 Å². The Morgan fingerprint density at radius 1 is 1.29 bits per heavy atom. The van der Waals surface area contributed by atoms with Crippen molar-refractivity contribution in [3.8, 4) is 11.6 Å². The zero-order valence-electron chi connectivity index (χ0n) is 10.9. The molecular weight excluding hydrogens is 272 g/mol. The second-order valence-electron chi connectivity index (χ2n) is 4.15. The highest BCUT2D eigenvalue weighted by molar-refractivity contribution is 5.91. The molecule has 7 heteroatoms. The topological polar surface area (TPSA) is 97.0 Å². The maximum atomic E-state index is 11.6. The molecule has 2 N–H and O–H groups in total. The normalized spacial score (nSPS) is 11.0. The van der Waals surface area contributed by atoms with E-state index in [1.807, 2.05) is 0 Å². The molecule has 0 aliphatic rings. The molecule has 0 bridgehead atoms. The number of hydrogen-bond acceptors (Lipinski definition) is 5. The van der Waals surface area contributed by atoms with Gasteiger partial charge in [-0.2, -0.15) is 0 Å². The van der Waals surface area contributed by atoms with E-state index in [9.17, 15) is 4.79 Å². The Morgan fingerprint density at radius 2 is 2.14 bits per heavy atom. The van der Waals surface area contributed by atoms with E-state index in [2.05, 4.69) is 20.5 Å². The van der Waals surface area contributed by atoms with Gasteiger partial charge >= 0.3 is 0 Å². The maximum absolute atomic E-state index is 11.6. The van der Waals surface area contributed by atoms with E-state index in [1.54, 1.807) is 42.9 Å². The van der Waals surface area contributed by atoms with Crippen LogP contribution in [-0.4, -0.2) is 21.1 Å². The van der Waals surface area contributed by atoms with Crippen LogP contribution >= 0.6 is 0 Å². The van der Waals surface area contributed by atoms with Crippen LogP contribution < -0.4 is 5.32 Å². The van der Waals surface area contributed by atoms with Crippen LogP contribution in [0.15, 0.2) is 51.7 Å². The van der Waals surface area contributed by atoms with Gasteiger partial charge in [0.05, 0.1) is 19.1 Å². The molecule has 0 aliphatic carbocycles. The van der Waals surface area contributed by atoms with Crippen molar-refractivity contribution in [1.82, 2.24) is 20.5 Å². The largest absolute Gasteiger partial charge is 0.465 e. The number of carbonyl (C=O) groups is 1. The highest BCUT2D eigenvalue weighted by Crippen LogP contribution is 2.14. The van der Waals surface area contributed by atoms with Crippen LogP contribution in [0.5, 0.6) is 0 Å². The van der Waals surface area contributed by atoms with E-state index < -0.39 is 0 Å². The van der Waals surface area contributed by atoms with E-state index in [0.29, 0.717) is 23.2 Å². The molecule has 0 radical (unpaired) electrons. The number of furan rings is 2. The molecule has 3 aromatic heterocycles. The van der Waals surface area contributed by atoms with Gasteiger partial charge in [-0.3, -0.25) is 9.89 Å². The van der Waals surface area contributed by atoms with Gasteiger partial charge in [0, 0.05) is 6.08 Å². The minimum Gasteiger partial charge on any atom is -0.465 e. The summed E-state index contributed by atoms with van der Waals surface area (Å²) in [6, 6.07) is 7.03. The van der Waals surface area contributed by atoms with Gasteiger partial charge in [0.2, 0.25) is 11.7 Å². The lowest BCUT2D eigenvalue weighted by molar-refractivity contribution is -0.116. The first-order chi connectivity index (χ1) is 10.3. The summed E-state index contributed by atoms with van der Waals surface area (Å²) in [7, 11) is 0. The Kier molecular flexibility index (Phi) is 3.64. The van der Waals surface area contributed by atoms with Gasteiger partial charge in [0.25, 0.3) is 0 Å². The van der Waals surface area contributed by atoms with E-state index in [1.165, 1.54) is 6.08 Å². The van der Waals surface area contributed by atoms with Crippen LogP contribution in [0.1, 0.15) is 11.6 Å². The summed E-state index contributed by atoms with van der Waals surface area (Å²) in [6.45, 7) is 0.245. The molecule has 0 fully saturated rings. The molecule has 106 valence electrons. The van der Waals surface area contributed by atoms with Crippen LogP contribution in [-0.2, 0) is 11.3 Å². The smallest absolute Gasteiger partial charge is 0.244 e. The minimum absolute atomic E-state index is 0.245. The van der Waals surface area contributed by atoms with Gasteiger partial charge in [0.15, 0.2) is 5.76 Å². The first-order valence-electron chi connectivity index (χ1n) is 6.26. The molecule has 0 spiro atoms. The fourth-order valence-electron chi connectivity index (χ4n) is 1.66. The Labute approximate surface area is 119 Å². The Morgan fingerprint density at radius 3 is 2.90 bits per heavy atom. The van der Waals surface area contributed by atoms with Crippen molar-refractivity contribution in [2.24, 2.45) is 0 Å². The molecule has 0 saturated heterocycles. The van der Waals surface area contributed by atoms with Gasteiger partial charge in [-0.25, -0.2) is 4.98 Å². The summed E-state index contributed by atoms with van der Waals surface area (Å²) in [6.07, 6.45) is 6.07. The molecule has 0 aliphatic heterocycles. The number of amides is 1. The SMILES string of the molecule is O=C(C=Cc1ccco1)NCc1nc(-c2ccco2)n[nH]1. The van der Waals surface area contributed by atoms with Gasteiger partial charge in [-0.05, 0) is 30.3 Å². The Hall–Kier alpha value is -3.09. The quantitative estimate of drug-likeness (QED) is 0.698. The van der Waals surface area contributed by atoms with Gasteiger partial charge in [-0.1, -0.05) is 0 Å². The highest BCUT2D eigenvalue weighted by atomic mass is 16.3. The summed E-state index contributed by atoms with van der Waals surface area (Å²) in [4.78, 5) is 15.8. The van der Waals surface area contributed by atoms with Gasteiger partial charge in [-0.15, -0.1) is 5.10 Å². The molecular formula is C14H12N4O3. The molecule has 0 unspecified atom stereocenters. The van der Waals surface area contributed by atoms with Gasteiger partial charge < -0.3 is 14.2 Å². The predicted molar refractivity (Wildman–Crippen MR) is 73.7 cm³/mol. The summed E-state index contributed by atoms with van der Waals surface area (Å²) in [5.41, 5.74) is 0. The number of carbonyl (C=O) groups excluding carboxylic acids is 1. The predicted octanol–water partition coefficient (Wildman–Crippen LogP) is 1.99. The summed E-state index contributed by atoms with van der Waals surface area (Å²) < 4.78 is 10.3. The van der Waals surface area contributed by atoms with Crippen LogP contribution in [0.2, 0.25) is 0 Å². The van der Waals surface area contributed by atoms with E-state index in [-0.39, 0.29) is 12.5 Å². The summed E-state index contributed by atoms with van der Waals surface area (Å²) in [5, 5.41) is 9.44. The third-order valence-corrected chi connectivity index (χ3v) is 2.65. The Balaban J connectivity index is 1.54. The second kappa shape index (κ2) is 5.91. The number of nitrogens with one attached hydrogen (secondary N) is 2. The number of aromatic nitrogens is 3. The zero-order chi connectivity index (χ0) is 14.5. The molecule has 0 saturated carbocycles. The lowest BCUT2D eigenvalue weighted by atomic mass is 10.4. The first kappa shape index (κ1) is 12.9. The molecule has 1 amide bonds. The molecule has 3 aromatic rings. The number of nitrogens with zero attached hydrogens (tertiary/aromatic N) is 2. The number of hydrogen-bond donors (Lipinski definition) is 2. The Bertz CT molecular complexity index is 726. The fourth-order valence-corrected chi connectivity index (χ4v) is 1.66. The standard InChI is InChI=1S/C14H12N4O3/c19-13(6-5-10-3-1-7-20-10)15-9-12-16-14(18-17-12)11-4-2-8-21-11/h1-8H,9H2,(H,15,19)(H,16,17,18). The van der Waals surface area contributed by atoms with Crippen LogP contribution in [0.3, 0.4) is 0 Å². The fraction of sp³-hybridized carbons (Fsp3) is 0.0714. The van der Waals surface area contributed by atoms with Crippen molar-refractivity contribution in [1.29, 1.82) is 0 Å².